The summed E-state index contributed by atoms with van der Waals surface area (Å²) in [5, 5.41) is 20.6. The predicted molar refractivity (Wildman–Crippen MR) is 175 cm³/mol. The van der Waals surface area contributed by atoms with E-state index in [0.717, 1.165) is 11.4 Å². The van der Waals surface area contributed by atoms with Gasteiger partial charge in [-0.2, -0.15) is 4.57 Å². The zero-order chi connectivity index (χ0) is 30.9. The molecule has 0 saturated carbocycles. The Bertz CT molecular complexity index is 1510. The summed E-state index contributed by atoms with van der Waals surface area (Å²) in [6.45, 7) is 0. The van der Waals surface area contributed by atoms with E-state index in [1.807, 2.05) is 78.9 Å². The lowest BCUT2D eigenvalue weighted by Gasteiger charge is -2.19. The van der Waals surface area contributed by atoms with Gasteiger partial charge in [0, 0.05) is 11.4 Å². The number of hydrogen-bond donors (Lipinski definition) is 3. The van der Waals surface area contributed by atoms with Gasteiger partial charge in [0.2, 0.25) is 0 Å². The molecule has 44 heavy (non-hydrogen) atoms. The van der Waals surface area contributed by atoms with Crippen LogP contribution in [0.3, 0.4) is 0 Å². The van der Waals surface area contributed by atoms with Crippen LogP contribution in [0.25, 0.3) is 0 Å². The molecule has 3 N–H and O–H groups in total. The molecule has 6 aromatic carbocycles. The molecular formula is C36H32NO6P. The zero-order valence-corrected chi connectivity index (χ0v) is 24.6. The summed E-state index contributed by atoms with van der Waals surface area (Å²) in [6.07, 6.45) is 0. The standard InChI is InChI=1S/C18H15O4P.C12H11N.C6H6O2/c19-23(20-16-10-4-1-5-11-16,21-17-12-6-2-7-13-17)22-18-14-8-3-9-15-18;1-3-7-11(8-4-1)13-12-9-5-2-6-10-12;7-5-1-2-6(8)4-3-5/h1-15H;1-10,13H;1-4,7-8H. The number of para-hydroxylation sites is 5. The number of phenols is 2. The molecule has 0 unspecified atom stereocenters. The van der Waals surface area contributed by atoms with E-state index in [2.05, 4.69) is 5.32 Å². The molecule has 0 bridgehead atoms. The molecule has 0 aromatic heterocycles. The first-order valence-corrected chi connectivity index (χ1v) is 15.1. The van der Waals surface area contributed by atoms with Crippen LogP contribution in [0.2, 0.25) is 0 Å². The number of phenolic OH excluding ortho intramolecular Hbond substituents is 2. The molecule has 6 aromatic rings. The van der Waals surface area contributed by atoms with Crippen molar-refractivity contribution in [3.8, 4) is 28.7 Å². The van der Waals surface area contributed by atoms with Gasteiger partial charge < -0.3 is 29.1 Å². The highest BCUT2D eigenvalue weighted by atomic mass is 31.2. The highest BCUT2D eigenvalue weighted by molar-refractivity contribution is 7.49. The van der Waals surface area contributed by atoms with Crippen LogP contribution in [0.5, 0.6) is 28.7 Å². The number of anilines is 2. The SMILES string of the molecule is O=P(Oc1ccccc1)(Oc1ccccc1)Oc1ccccc1.Oc1ccc(O)cc1.c1ccc(Nc2ccccc2)cc1. The van der Waals surface area contributed by atoms with Crippen LogP contribution >= 0.6 is 7.82 Å². The summed E-state index contributed by atoms with van der Waals surface area (Å²) in [4.78, 5) is 0. The van der Waals surface area contributed by atoms with Crippen LogP contribution < -0.4 is 18.9 Å². The van der Waals surface area contributed by atoms with Crippen molar-refractivity contribution in [2.75, 3.05) is 5.32 Å². The van der Waals surface area contributed by atoms with Gasteiger partial charge in [-0.15, -0.1) is 0 Å². The first-order valence-electron chi connectivity index (χ1n) is 13.7. The first-order chi connectivity index (χ1) is 21.5. The fourth-order valence-electron chi connectivity index (χ4n) is 3.55. The van der Waals surface area contributed by atoms with E-state index in [-0.39, 0.29) is 11.5 Å². The van der Waals surface area contributed by atoms with E-state index in [0.29, 0.717) is 17.2 Å². The monoisotopic (exact) mass is 605 g/mol. The van der Waals surface area contributed by atoms with E-state index >= 15 is 0 Å². The summed E-state index contributed by atoms with van der Waals surface area (Å²) >= 11 is 0. The lowest BCUT2D eigenvalue weighted by molar-refractivity contribution is 0.298. The maximum absolute atomic E-state index is 13.1. The third-order valence-corrected chi connectivity index (χ3v) is 6.87. The minimum absolute atomic E-state index is 0.169. The Kier molecular flexibility index (Phi) is 11.9. The second-order valence-corrected chi connectivity index (χ2v) is 10.5. The zero-order valence-electron chi connectivity index (χ0n) is 23.7. The smallest absolute Gasteiger partial charge is 0.508 e. The lowest BCUT2D eigenvalue weighted by Crippen LogP contribution is -2.07. The Hall–Kier alpha value is -5.65. The molecule has 0 spiro atoms. The molecule has 6 rings (SSSR count). The van der Waals surface area contributed by atoms with E-state index in [1.165, 1.54) is 24.3 Å². The number of hydrogen-bond acceptors (Lipinski definition) is 7. The molecular weight excluding hydrogens is 573 g/mol. The van der Waals surface area contributed by atoms with Gasteiger partial charge in [-0.05, 0) is 84.9 Å². The van der Waals surface area contributed by atoms with Crippen LogP contribution in [0.4, 0.5) is 11.4 Å². The first kappa shape index (κ1) is 31.3. The number of nitrogens with one attached hydrogen (secondary N) is 1. The molecule has 0 heterocycles. The topological polar surface area (TPSA) is 97.3 Å². The van der Waals surface area contributed by atoms with Gasteiger partial charge in [0.05, 0.1) is 0 Å². The summed E-state index contributed by atoms with van der Waals surface area (Å²) in [5.74, 6) is 1.55. The Morgan fingerprint density at radius 3 is 0.909 bits per heavy atom. The minimum Gasteiger partial charge on any atom is -0.508 e. The van der Waals surface area contributed by atoms with E-state index in [1.54, 1.807) is 72.8 Å². The van der Waals surface area contributed by atoms with Gasteiger partial charge in [-0.3, -0.25) is 0 Å². The number of phosphoric ester groups is 1. The molecule has 0 atom stereocenters. The van der Waals surface area contributed by atoms with Crippen molar-refractivity contribution in [3.05, 3.63) is 176 Å². The Morgan fingerprint density at radius 2 is 0.636 bits per heavy atom. The second kappa shape index (κ2) is 16.7. The summed E-state index contributed by atoms with van der Waals surface area (Å²) < 4.78 is 29.6. The molecule has 0 fully saturated rings. The predicted octanol–water partition coefficient (Wildman–Crippen LogP) is 9.86. The van der Waals surface area contributed by atoms with Crippen molar-refractivity contribution in [2.45, 2.75) is 0 Å². The van der Waals surface area contributed by atoms with Crippen LogP contribution in [0.1, 0.15) is 0 Å². The Morgan fingerprint density at radius 1 is 0.386 bits per heavy atom. The summed E-state index contributed by atoms with van der Waals surface area (Å²) in [6, 6.07) is 52.4. The molecule has 0 aliphatic carbocycles. The largest absolute Gasteiger partial charge is 0.647 e. The third-order valence-electron chi connectivity index (χ3n) is 5.57. The highest BCUT2D eigenvalue weighted by Gasteiger charge is 2.33. The average Bonchev–Trinajstić information content (AvgIpc) is 3.05. The van der Waals surface area contributed by atoms with Crippen molar-refractivity contribution in [2.24, 2.45) is 0 Å². The van der Waals surface area contributed by atoms with Crippen LogP contribution in [0.15, 0.2) is 176 Å². The van der Waals surface area contributed by atoms with Crippen LogP contribution in [-0.2, 0) is 4.57 Å². The maximum atomic E-state index is 13.1. The molecule has 8 heteroatoms. The fraction of sp³-hybridized carbons (Fsp3) is 0. The maximum Gasteiger partial charge on any atom is 0.647 e. The van der Waals surface area contributed by atoms with Gasteiger partial charge >= 0.3 is 7.82 Å². The fourth-order valence-corrected chi connectivity index (χ4v) is 4.80. The molecule has 0 saturated heterocycles. The van der Waals surface area contributed by atoms with E-state index in [9.17, 15) is 4.57 Å². The normalized spacial score (nSPS) is 10.1. The molecule has 7 nitrogen and oxygen atoms in total. The van der Waals surface area contributed by atoms with Crippen molar-refractivity contribution in [3.63, 3.8) is 0 Å². The van der Waals surface area contributed by atoms with Gasteiger partial charge in [-0.1, -0.05) is 91.0 Å². The number of rotatable bonds is 8. The van der Waals surface area contributed by atoms with Gasteiger partial charge in [-0.25, -0.2) is 0 Å². The van der Waals surface area contributed by atoms with Crippen molar-refractivity contribution < 1.29 is 28.3 Å². The van der Waals surface area contributed by atoms with Gasteiger partial charge in [0.1, 0.15) is 28.7 Å². The molecule has 0 aliphatic rings. The summed E-state index contributed by atoms with van der Waals surface area (Å²) in [5.41, 5.74) is 2.24. The molecule has 0 amide bonds. The Balaban J connectivity index is 0.000000175. The van der Waals surface area contributed by atoms with Crippen molar-refractivity contribution >= 4 is 19.2 Å². The number of phosphoric acid groups is 1. The van der Waals surface area contributed by atoms with Gasteiger partial charge in [0.25, 0.3) is 0 Å². The van der Waals surface area contributed by atoms with E-state index < -0.39 is 7.82 Å². The highest BCUT2D eigenvalue weighted by Crippen LogP contribution is 2.49. The van der Waals surface area contributed by atoms with Crippen LogP contribution in [-0.4, -0.2) is 10.2 Å². The quantitative estimate of drug-likeness (QED) is 0.117. The lowest BCUT2D eigenvalue weighted by atomic mass is 10.3. The van der Waals surface area contributed by atoms with E-state index in [4.69, 9.17) is 23.8 Å². The van der Waals surface area contributed by atoms with Crippen molar-refractivity contribution in [1.82, 2.24) is 0 Å². The Labute approximate surface area is 257 Å². The summed E-state index contributed by atoms with van der Waals surface area (Å²) in [7, 11) is -3.89. The molecule has 0 radical (unpaired) electrons. The molecule has 0 aliphatic heterocycles. The minimum atomic E-state index is -3.89. The second-order valence-electron chi connectivity index (χ2n) is 9.03. The molecule has 222 valence electrons. The number of benzene rings is 6. The van der Waals surface area contributed by atoms with Crippen molar-refractivity contribution in [1.29, 1.82) is 0 Å². The average molecular weight is 606 g/mol. The number of aromatic hydroxyl groups is 2. The van der Waals surface area contributed by atoms with Gasteiger partial charge in [0.15, 0.2) is 0 Å². The van der Waals surface area contributed by atoms with Crippen LogP contribution in [0, 0.1) is 0 Å². The third kappa shape index (κ3) is 11.3.